The second-order valence-corrected chi connectivity index (χ2v) is 11.2. The minimum atomic E-state index is -3.93. The molecule has 34 heavy (non-hydrogen) atoms. The van der Waals surface area contributed by atoms with Gasteiger partial charge in [-0.25, -0.2) is 9.78 Å². The maximum absolute atomic E-state index is 13.5. The molecule has 0 aliphatic carbocycles. The highest BCUT2D eigenvalue weighted by Gasteiger charge is 2.30. The number of benzene rings is 2. The third-order valence-corrected chi connectivity index (χ3v) is 8.05. The molecule has 0 aliphatic rings. The summed E-state index contributed by atoms with van der Waals surface area (Å²) in [7, 11) is -3.93. The first-order chi connectivity index (χ1) is 16.1. The third-order valence-electron chi connectivity index (χ3n) is 5.09. The lowest BCUT2D eigenvalue weighted by Gasteiger charge is -2.28. The molecule has 0 unspecified atom stereocenters. The van der Waals surface area contributed by atoms with Crippen molar-refractivity contribution in [1.29, 1.82) is 0 Å². The number of rotatable bonds is 10. The van der Waals surface area contributed by atoms with Gasteiger partial charge >= 0.3 is 5.97 Å². The van der Waals surface area contributed by atoms with Crippen LogP contribution in [0.25, 0.3) is 6.08 Å². The number of hydrogen-bond acceptors (Lipinski definition) is 6. The maximum Gasteiger partial charge on any atom is 0.335 e. The summed E-state index contributed by atoms with van der Waals surface area (Å²) in [6.07, 6.45) is 3.00. The van der Waals surface area contributed by atoms with E-state index < -0.39 is 16.0 Å². The van der Waals surface area contributed by atoms with Crippen molar-refractivity contribution in [1.82, 2.24) is 4.98 Å². The van der Waals surface area contributed by atoms with Crippen molar-refractivity contribution in [3.8, 4) is 5.75 Å². The third kappa shape index (κ3) is 6.03. The van der Waals surface area contributed by atoms with Crippen molar-refractivity contribution in [2.45, 2.75) is 32.0 Å². The average Bonchev–Trinajstić information content (AvgIpc) is 3.33. The molecule has 1 aromatic heterocycles. The van der Waals surface area contributed by atoms with Crippen LogP contribution in [-0.4, -0.2) is 37.6 Å². The van der Waals surface area contributed by atoms with E-state index in [4.69, 9.17) is 4.74 Å². The molecular formula is C25H28N2O5S2. The van der Waals surface area contributed by atoms with Crippen LogP contribution in [-0.2, 0) is 14.8 Å². The largest absolute Gasteiger partial charge is 0.486 e. The Kier molecular flexibility index (Phi) is 8.11. The van der Waals surface area contributed by atoms with Crippen molar-refractivity contribution in [2.75, 3.05) is 17.5 Å². The zero-order valence-corrected chi connectivity index (χ0v) is 21.2. The van der Waals surface area contributed by atoms with Gasteiger partial charge in [-0.15, -0.1) is 11.3 Å². The molecule has 180 valence electrons. The number of sulfonamides is 1. The molecule has 0 atom stereocenters. The summed E-state index contributed by atoms with van der Waals surface area (Å²) in [4.78, 5) is 15.9. The Bertz CT molecular complexity index is 1270. The Hall–Kier alpha value is -3.17. The molecule has 0 fully saturated rings. The van der Waals surface area contributed by atoms with E-state index in [1.54, 1.807) is 35.7 Å². The summed E-state index contributed by atoms with van der Waals surface area (Å²) in [6.45, 7) is 7.63. The zero-order chi connectivity index (χ0) is 24.9. The second-order valence-electron chi connectivity index (χ2n) is 8.31. The minimum absolute atomic E-state index is 0.00692. The van der Waals surface area contributed by atoms with Crippen LogP contribution >= 0.6 is 11.3 Å². The first-order valence-electron chi connectivity index (χ1n) is 10.7. The number of thiazole rings is 1. The van der Waals surface area contributed by atoms with E-state index in [-0.39, 0.29) is 29.0 Å². The highest BCUT2D eigenvalue weighted by molar-refractivity contribution is 7.94. The molecule has 7 nitrogen and oxygen atoms in total. The van der Waals surface area contributed by atoms with Crippen molar-refractivity contribution >= 4 is 39.1 Å². The summed E-state index contributed by atoms with van der Waals surface area (Å²) in [5.41, 5.74) is 2.93. The highest BCUT2D eigenvalue weighted by atomic mass is 32.2. The number of hydrogen-bond donors (Lipinski definition) is 1. The summed E-state index contributed by atoms with van der Waals surface area (Å²) in [5, 5.41) is 11.3. The fourth-order valence-corrected chi connectivity index (χ4v) is 5.81. The molecule has 0 aliphatic heterocycles. The lowest BCUT2D eigenvalue weighted by atomic mass is 10.1. The van der Waals surface area contributed by atoms with E-state index in [0.717, 1.165) is 28.0 Å². The number of nitrogens with zero attached hydrogens (tertiary/aromatic N) is 2. The van der Waals surface area contributed by atoms with E-state index in [1.165, 1.54) is 10.5 Å². The lowest BCUT2D eigenvalue weighted by molar-refractivity contribution is -0.132. The highest BCUT2D eigenvalue weighted by Crippen LogP contribution is 2.36. The number of ether oxygens (including phenoxy) is 1. The monoisotopic (exact) mass is 500 g/mol. The van der Waals surface area contributed by atoms with Crippen LogP contribution in [0.15, 0.2) is 64.0 Å². The van der Waals surface area contributed by atoms with Gasteiger partial charge < -0.3 is 9.84 Å². The Morgan fingerprint density at radius 1 is 1.18 bits per heavy atom. The summed E-state index contributed by atoms with van der Waals surface area (Å²) in [5.74, 6) is -0.787. The van der Waals surface area contributed by atoms with Crippen LogP contribution in [0.1, 0.15) is 30.5 Å². The molecule has 1 heterocycles. The van der Waals surface area contributed by atoms with Gasteiger partial charge in [0, 0.05) is 18.1 Å². The van der Waals surface area contributed by atoms with Crippen molar-refractivity contribution in [2.24, 2.45) is 5.92 Å². The zero-order valence-electron chi connectivity index (χ0n) is 19.6. The molecule has 0 saturated heterocycles. The van der Waals surface area contributed by atoms with Gasteiger partial charge in [0.2, 0.25) is 4.34 Å². The quantitative estimate of drug-likeness (QED) is 0.386. The maximum atomic E-state index is 13.5. The van der Waals surface area contributed by atoms with E-state index >= 15 is 0 Å². The van der Waals surface area contributed by atoms with E-state index in [9.17, 15) is 18.3 Å². The standard InChI is InChI=1S/C25H28N2O5S2/c1-17(2)15-27(34(30,31)25-26-10-11-33-25)22-12-18(3)19(4)13-23(22)32-16-21(24(28)29)14-20-8-6-5-7-9-20/h5-14,17H,15-16H2,1-4H3,(H,28,29). The second kappa shape index (κ2) is 10.8. The van der Waals surface area contributed by atoms with Crippen LogP contribution in [0.5, 0.6) is 5.75 Å². The SMILES string of the molecule is Cc1cc(OCC(=Cc2ccccc2)C(=O)O)c(N(CC(C)C)S(=O)(=O)c2nccs2)cc1C. The summed E-state index contributed by atoms with van der Waals surface area (Å²) in [6, 6.07) is 12.6. The smallest absolute Gasteiger partial charge is 0.335 e. The van der Waals surface area contributed by atoms with E-state index in [1.807, 2.05) is 45.9 Å². The number of carboxylic acid groups (broad SMARTS) is 1. The molecule has 9 heteroatoms. The van der Waals surface area contributed by atoms with Crippen LogP contribution in [0.4, 0.5) is 5.69 Å². The molecule has 0 bridgehead atoms. The Labute approximate surface area is 204 Å². The summed E-state index contributed by atoms with van der Waals surface area (Å²) >= 11 is 1.05. The van der Waals surface area contributed by atoms with Gasteiger partial charge in [0.15, 0.2) is 0 Å². The number of carbonyl (C=O) groups is 1. The van der Waals surface area contributed by atoms with Crippen LogP contribution in [0, 0.1) is 19.8 Å². The van der Waals surface area contributed by atoms with Gasteiger partial charge in [0.1, 0.15) is 12.4 Å². The van der Waals surface area contributed by atoms with Gasteiger partial charge in [-0.3, -0.25) is 4.31 Å². The summed E-state index contributed by atoms with van der Waals surface area (Å²) < 4.78 is 34.2. The molecule has 0 radical (unpaired) electrons. The number of carboxylic acids is 1. The Morgan fingerprint density at radius 3 is 2.44 bits per heavy atom. The van der Waals surface area contributed by atoms with Crippen molar-refractivity contribution < 1.29 is 23.1 Å². The number of aryl methyl sites for hydroxylation is 2. The molecule has 0 spiro atoms. The molecule has 0 saturated carbocycles. The number of aromatic nitrogens is 1. The molecule has 2 aromatic carbocycles. The molecular weight excluding hydrogens is 472 g/mol. The number of anilines is 1. The Morgan fingerprint density at radius 2 is 1.85 bits per heavy atom. The molecule has 1 N–H and O–H groups in total. The van der Waals surface area contributed by atoms with Gasteiger partial charge in [-0.1, -0.05) is 44.2 Å². The fourth-order valence-electron chi connectivity index (χ4n) is 3.25. The topological polar surface area (TPSA) is 96.8 Å². The van der Waals surface area contributed by atoms with Gasteiger partial charge in [-0.05, 0) is 54.7 Å². The van der Waals surface area contributed by atoms with Gasteiger partial charge in [0.25, 0.3) is 10.0 Å². The van der Waals surface area contributed by atoms with E-state index in [0.29, 0.717) is 11.4 Å². The van der Waals surface area contributed by atoms with Gasteiger partial charge in [0.05, 0.1) is 11.3 Å². The van der Waals surface area contributed by atoms with Crippen molar-refractivity contribution in [3.05, 3.63) is 76.3 Å². The normalized spacial score (nSPS) is 12.1. The molecule has 0 amide bonds. The number of aliphatic carboxylic acids is 1. The predicted octanol–water partition coefficient (Wildman–Crippen LogP) is 5.16. The minimum Gasteiger partial charge on any atom is -0.486 e. The predicted molar refractivity (Wildman–Crippen MR) is 135 cm³/mol. The van der Waals surface area contributed by atoms with Crippen LogP contribution < -0.4 is 9.04 Å². The van der Waals surface area contributed by atoms with Crippen LogP contribution in [0.3, 0.4) is 0 Å². The van der Waals surface area contributed by atoms with Crippen LogP contribution in [0.2, 0.25) is 0 Å². The average molecular weight is 501 g/mol. The van der Waals surface area contributed by atoms with Crippen molar-refractivity contribution in [3.63, 3.8) is 0 Å². The molecule has 3 aromatic rings. The Balaban J connectivity index is 2.04. The first kappa shape index (κ1) is 25.5. The first-order valence-corrected chi connectivity index (χ1v) is 13.1. The van der Waals surface area contributed by atoms with Gasteiger partial charge in [-0.2, -0.15) is 8.42 Å². The van der Waals surface area contributed by atoms with E-state index in [2.05, 4.69) is 4.98 Å². The fraction of sp³-hybridized carbons (Fsp3) is 0.280. The molecule has 3 rings (SSSR count). The lowest BCUT2D eigenvalue weighted by Crippen LogP contribution is -2.34.